The largest absolute Gasteiger partial charge is 0.416 e. The summed E-state index contributed by atoms with van der Waals surface area (Å²) in [6, 6.07) is 5.39. The van der Waals surface area contributed by atoms with Crippen molar-refractivity contribution in [2.45, 2.75) is 32.5 Å². The lowest BCUT2D eigenvalue weighted by atomic mass is 9.78. The third-order valence-corrected chi connectivity index (χ3v) is 3.39. The van der Waals surface area contributed by atoms with Crippen molar-refractivity contribution in [2.24, 2.45) is 11.1 Å². The zero-order valence-electron chi connectivity index (χ0n) is 10.5. The Kier molecular flexibility index (Phi) is 4.40. The molecular weight excluding hydrogens is 243 g/mol. The molecule has 2 nitrogen and oxygen atoms in total. The minimum absolute atomic E-state index is 0.0941. The van der Waals surface area contributed by atoms with Crippen molar-refractivity contribution < 1.29 is 18.3 Å². The minimum atomic E-state index is -4.38. The van der Waals surface area contributed by atoms with Gasteiger partial charge in [-0.2, -0.15) is 13.2 Å². The summed E-state index contributed by atoms with van der Waals surface area (Å²) in [5.74, 6) is 0. The van der Waals surface area contributed by atoms with Gasteiger partial charge >= 0.3 is 6.18 Å². The number of aliphatic hydroxyl groups excluding tert-OH is 1. The number of benzene rings is 1. The van der Waals surface area contributed by atoms with E-state index in [0.29, 0.717) is 0 Å². The second kappa shape index (κ2) is 5.28. The first kappa shape index (κ1) is 15.0. The molecule has 102 valence electrons. The first-order valence-electron chi connectivity index (χ1n) is 5.74. The van der Waals surface area contributed by atoms with E-state index in [9.17, 15) is 18.3 Å². The number of aliphatic hydroxyl groups is 1. The molecule has 0 heterocycles. The molecule has 0 spiro atoms. The predicted molar refractivity (Wildman–Crippen MR) is 64.0 cm³/mol. The summed E-state index contributed by atoms with van der Waals surface area (Å²) in [6.07, 6.45) is -5.06. The lowest BCUT2D eigenvalue weighted by molar-refractivity contribution is -0.138. The number of hydrogen-bond acceptors (Lipinski definition) is 2. The number of hydrogen-bond donors (Lipinski definition) is 2. The summed E-state index contributed by atoms with van der Waals surface area (Å²) in [6.45, 7) is 3.35. The molecule has 0 aromatic heterocycles. The average molecular weight is 261 g/mol. The van der Waals surface area contributed by atoms with Gasteiger partial charge in [0.1, 0.15) is 0 Å². The highest BCUT2D eigenvalue weighted by Gasteiger charge is 2.36. The summed E-state index contributed by atoms with van der Waals surface area (Å²) in [5.41, 5.74) is 4.32. The minimum Gasteiger partial charge on any atom is -0.393 e. The van der Waals surface area contributed by atoms with Crippen molar-refractivity contribution in [3.8, 4) is 0 Å². The fraction of sp³-hybridized carbons (Fsp3) is 0.538. The van der Waals surface area contributed by atoms with Gasteiger partial charge in [-0.15, -0.1) is 0 Å². The summed E-state index contributed by atoms with van der Waals surface area (Å²) < 4.78 is 38.5. The van der Waals surface area contributed by atoms with Crippen molar-refractivity contribution >= 4 is 0 Å². The van der Waals surface area contributed by atoms with Crippen LogP contribution in [0.15, 0.2) is 24.3 Å². The van der Waals surface area contributed by atoms with E-state index in [4.69, 9.17) is 5.73 Å². The molecule has 0 bridgehead atoms. The topological polar surface area (TPSA) is 46.2 Å². The third-order valence-electron chi connectivity index (χ3n) is 3.39. The molecule has 1 aromatic rings. The fourth-order valence-electron chi connectivity index (χ4n) is 1.78. The van der Waals surface area contributed by atoms with E-state index < -0.39 is 23.3 Å². The van der Waals surface area contributed by atoms with Crippen molar-refractivity contribution in [1.29, 1.82) is 0 Å². The molecule has 18 heavy (non-hydrogen) atoms. The van der Waals surface area contributed by atoms with Crippen LogP contribution in [-0.4, -0.2) is 17.8 Å². The molecule has 1 aromatic carbocycles. The van der Waals surface area contributed by atoms with Gasteiger partial charge in [-0.3, -0.25) is 0 Å². The number of halogens is 3. The molecule has 1 rings (SSSR count). The Balaban J connectivity index is 3.12. The van der Waals surface area contributed by atoms with Crippen LogP contribution in [0.1, 0.15) is 25.0 Å². The molecule has 0 aliphatic carbocycles. The predicted octanol–water partition coefficient (Wildman–Crippen LogP) is 2.59. The van der Waals surface area contributed by atoms with Gasteiger partial charge in [0.15, 0.2) is 0 Å². The number of rotatable bonds is 4. The molecule has 0 radical (unpaired) electrons. The Bertz CT molecular complexity index is 403. The highest BCUT2D eigenvalue weighted by atomic mass is 19.4. The van der Waals surface area contributed by atoms with E-state index in [-0.39, 0.29) is 18.5 Å². The molecule has 0 saturated heterocycles. The molecule has 0 aliphatic rings. The number of nitrogens with two attached hydrogens (primary N) is 1. The Morgan fingerprint density at radius 2 is 1.83 bits per heavy atom. The first-order chi connectivity index (χ1) is 8.20. The van der Waals surface area contributed by atoms with Crippen LogP contribution in [0.2, 0.25) is 0 Å². The first-order valence-corrected chi connectivity index (χ1v) is 5.74. The summed E-state index contributed by atoms with van der Waals surface area (Å²) in [4.78, 5) is 0. The van der Waals surface area contributed by atoms with Crippen LogP contribution in [0.5, 0.6) is 0 Å². The van der Waals surface area contributed by atoms with E-state index in [1.54, 1.807) is 19.9 Å². The summed E-state index contributed by atoms with van der Waals surface area (Å²) in [7, 11) is 0. The highest BCUT2D eigenvalue weighted by molar-refractivity contribution is 5.30. The van der Waals surface area contributed by atoms with Crippen LogP contribution in [0, 0.1) is 5.41 Å². The van der Waals surface area contributed by atoms with Gasteiger partial charge in [0.25, 0.3) is 0 Å². The van der Waals surface area contributed by atoms with Crippen LogP contribution < -0.4 is 5.73 Å². The van der Waals surface area contributed by atoms with Gasteiger partial charge in [0, 0.05) is 12.0 Å². The Morgan fingerprint density at radius 3 is 2.28 bits per heavy atom. The van der Waals surface area contributed by atoms with Crippen molar-refractivity contribution in [3.05, 3.63) is 35.4 Å². The van der Waals surface area contributed by atoms with Crippen LogP contribution >= 0.6 is 0 Å². The van der Waals surface area contributed by atoms with E-state index in [2.05, 4.69) is 0 Å². The van der Waals surface area contributed by atoms with Gasteiger partial charge in [-0.1, -0.05) is 25.1 Å². The molecular formula is C13H18F3NO. The second-order valence-corrected chi connectivity index (χ2v) is 4.87. The van der Waals surface area contributed by atoms with Gasteiger partial charge in [0.05, 0.1) is 11.7 Å². The maximum atomic E-state index is 12.8. The van der Waals surface area contributed by atoms with Crippen LogP contribution in [0.3, 0.4) is 0 Å². The van der Waals surface area contributed by atoms with Gasteiger partial charge in [-0.05, 0) is 25.0 Å². The second-order valence-electron chi connectivity index (χ2n) is 4.87. The van der Waals surface area contributed by atoms with Gasteiger partial charge in [0.2, 0.25) is 0 Å². The van der Waals surface area contributed by atoms with E-state index in [1.807, 2.05) is 0 Å². The quantitative estimate of drug-likeness (QED) is 0.875. The van der Waals surface area contributed by atoms with Crippen LogP contribution in [-0.2, 0) is 12.6 Å². The monoisotopic (exact) mass is 261 g/mol. The smallest absolute Gasteiger partial charge is 0.393 e. The third kappa shape index (κ3) is 3.23. The van der Waals surface area contributed by atoms with E-state index in [0.717, 1.165) is 6.07 Å². The Labute approximate surface area is 105 Å². The molecule has 3 N–H and O–H groups in total. The van der Waals surface area contributed by atoms with Crippen molar-refractivity contribution in [1.82, 2.24) is 0 Å². The molecule has 2 atom stereocenters. The zero-order chi connectivity index (χ0) is 14.0. The van der Waals surface area contributed by atoms with Gasteiger partial charge < -0.3 is 10.8 Å². The molecule has 0 fully saturated rings. The Hall–Kier alpha value is -1.07. The summed E-state index contributed by atoms with van der Waals surface area (Å²) in [5, 5.41) is 9.67. The highest BCUT2D eigenvalue weighted by Crippen LogP contribution is 2.35. The number of alkyl halides is 3. The van der Waals surface area contributed by atoms with Crippen LogP contribution in [0.25, 0.3) is 0 Å². The fourth-order valence-corrected chi connectivity index (χ4v) is 1.78. The van der Waals surface area contributed by atoms with Crippen LogP contribution in [0.4, 0.5) is 13.2 Å². The lowest BCUT2D eigenvalue weighted by Crippen LogP contribution is -2.39. The lowest BCUT2D eigenvalue weighted by Gasteiger charge is -2.32. The molecule has 0 aliphatic heterocycles. The summed E-state index contributed by atoms with van der Waals surface area (Å²) >= 11 is 0. The SMILES string of the molecule is CC(O)C(C)(CN)Cc1ccccc1C(F)(F)F. The standard InChI is InChI=1S/C13H18F3NO/c1-9(18)12(2,8-17)7-10-5-3-4-6-11(10)13(14,15)16/h3-6,9,18H,7-8,17H2,1-2H3. The van der Waals surface area contributed by atoms with Crippen molar-refractivity contribution in [3.63, 3.8) is 0 Å². The van der Waals surface area contributed by atoms with Crippen molar-refractivity contribution in [2.75, 3.05) is 6.54 Å². The average Bonchev–Trinajstić information content (AvgIpc) is 2.28. The maximum Gasteiger partial charge on any atom is 0.416 e. The normalized spacial score (nSPS) is 17.3. The van der Waals surface area contributed by atoms with Gasteiger partial charge in [-0.25, -0.2) is 0 Å². The zero-order valence-corrected chi connectivity index (χ0v) is 10.5. The molecule has 0 saturated carbocycles. The van der Waals surface area contributed by atoms with E-state index in [1.165, 1.54) is 12.1 Å². The Morgan fingerprint density at radius 1 is 1.28 bits per heavy atom. The van der Waals surface area contributed by atoms with E-state index >= 15 is 0 Å². The maximum absolute atomic E-state index is 12.8. The molecule has 0 amide bonds. The molecule has 2 unspecified atom stereocenters. The molecule has 5 heteroatoms.